The van der Waals surface area contributed by atoms with E-state index in [1.807, 2.05) is 31.5 Å². The molecule has 2 aliphatic rings. The van der Waals surface area contributed by atoms with E-state index in [0.717, 1.165) is 35.1 Å². The molecule has 21 heavy (non-hydrogen) atoms. The molecule has 1 spiro atoms. The van der Waals surface area contributed by atoms with Gasteiger partial charge in [0.15, 0.2) is 0 Å². The highest BCUT2D eigenvalue weighted by molar-refractivity contribution is 9.11. The molecular formula is C14H19Br2N3O2. The predicted octanol–water partition coefficient (Wildman–Crippen LogP) is 3.98. The van der Waals surface area contributed by atoms with E-state index in [9.17, 15) is 4.79 Å². The van der Waals surface area contributed by atoms with Crippen molar-refractivity contribution in [2.75, 3.05) is 13.1 Å². The smallest absolute Gasteiger partial charge is 0.410 e. The second-order valence-electron chi connectivity index (χ2n) is 7.13. The third-order valence-corrected chi connectivity index (χ3v) is 5.03. The average Bonchev–Trinajstić information content (AvgIpc) is 2.51. The highest BCUT2D eigenvalue weighted by atomic mass is 79.9. The normalized spacial score (nSPS) is 21.1. The summed E-state index contributed by atoms with van der Waals surface area (Å²) >= 11 is 6.91. The molecule has 1 amide bonds. The van der Waals surface area contributed by atoms with E-state index < -0.39 is 5.60 Å². The van der Waals surface area contributed by atoms with Crippen molar-refractivity contribution < 1.29 is 9.53 Å². The number of nitrogens with zero attached hydrogens (tertiary/aromatic N) is 3. The fourth-order valence-corrected chi connectivity index (χ4v) is 4.47. The van der Waals surface area contributed by atoms with Gasteiger partial charge < -0.3 is 9.64 Å². The van der Waals surface area contributed by atoms with Gasteiger partial charge in [-0.25, -0.2) is 4.79 Å². The summed E-state index contributed by atoms with van der Waals surface area (Å²) in [6, 6.07) is 2.38. The number of rotatable bonds is 1. The van der Waals surface area contributed by atoms with Gasteiger partial charge in [0.25, 0.3) is 0 Å². The molecule has 1 aliphatic heterocycles. The summed E-state index contributed by atoms with van der Waals surface area (Å²) < 4.78 is 9.26. The molecule has 0 bridgehead atoms. The minimum absolute atomic E-state index is 0.195. The fraction of sp³-hybridized carbons (Fsp3) is 0.714. The summed E-state index contributed by atoms with van der Waals surface area (Å²) in [5.74, 6) is 0. The number of likely N-dealkylation sites (tertiary alicyclic amines) is 1. The molecule has 1 saturated heterocycles. The lowest BCUT2D eigenvalue weighted by Crippen LogP contribution is -2.64. The number of halogens is 2. The molecule has 1 aliphatic carbocycles. The number of carbonyl (C=O) groups is 1. The molecule has 1 aromatic heterocycles. The third kappa shape index (κ3) is 2.99. The highest BCUT2D eigenvalue weighted by Gasteiger charge is 2.55. The van der Waals surface area contributed by atoms with Crippen LogP contribution in [0.4, 0.5) is 4.79 Å². The maximum atomic E-state index is 12.0. The molecule has 3 rings (SSSR count). The van der Waals surface area contributed by atoms with Gasteiger partial charge in [-0.1, -0.05) is 0 Å². The zero-order valence-electron chi connectivity index (χ0n) is 12.4. The lowest BCUT2D eigenvalue weighted by molar-refractivity contribution is -0.0932. The van der Waals surface area contributed by atoms with Gasteiger partial charge in [0.2, 0.25) is 0 Å². The van der Waals surface area contributed by atoms with Crippen molar-refractivity contribution in [2.24, 2.45) is 5.41 Å². The van der Waals surface area contributed by atoms with Crippen molar-refractivity contribution in [1.29, 1.82) is 0 Å². The first kappa shape index (κ1) is 15.3. The molecule has 5 nitrogen and oxygen atoms in total. The van der Waals surface area contributed by atoms with E-state index in [-0.39, 0.29) is 11.5 Å². The summed E-state index contributed by atoms with van der Waals surface area (Å²) in [7, 11) is 0. The molecule has 1 aromatic rings. The SMILES string of the molecule is CC(C)(C)OC(=O)N1CC2(CC(n3nc(Br)cc3Br)C2)C1. The van der Waals surface area contributed by atoms with Crippen LogP contribution in [0.5, 0.6) is 0 Å². The number of hydrogen-bond donors (Lipinski definition) is 0. The number of amides is 1. The molecule has 116 valence electrons. The maximum absolute atomic E-state index is 12.0. The molecule has 2 fully saturated rings. The van der Waals surface area contributed by atoms with Crippen molar-refractivity contribution in [1.82, 2.24) is 14.7 Å². The van der Waals surface area contributed by atoms with Crippen LogP contribution in [-0.2, 0) is 4.74 Å². The van der Waals surface area contributed by atoms with Gasteiger partial charge in [-0.2, -0.15) is 5.10 Å². The summed E-state index contributed by atoms with van der Waals surface area (Å²) in [6.07, 6.45) is 1.94. The van der Waals surface area contributed by atoms with Crippen LogP contribution in [0.2, 0.25) is 0 Å². The van der Waals surface area contributed by atoms with E-state index in [4.69, 9.17) is 4.74 Å². The van der Waals surface area contributed by atoms with Crippen LogP contribution in [0, 0.1) is 5.41 Å². The Kier molecular flexibility index (Phi) is 3.64. The first-order valence-corrected chi connectivity index (χ1v) is 8.65. The molecule has 7 heteroatoms. The monoisotopic (exact) mass is 419 g/mol. The summed E-state index contributed by atoms with van der Waals surface area (Å²) in [5, 5.41) is 4.44. The molecule has 0 radical (unpaired) electrons. The molecule has 1 saturated carbocycles. The summed E-state index contributed by atoms with van der Waals surface area (Å²) in [4.78, 5) is 13.8. The lowest BCUT2D eigenvalue weighted by Gasteiger charge is -2.58. The Labute approximate surface area is 141 Å². The Morgan fingerprint density at radius 2 is 2.00 bits per heavy atom. The largest absolute Gasteiger partial charge is 0.444 e. The fourth-order valence-electron chi connectivity index (χ4n) is 3.19. The van der Waals surface area contributed by atoms with Crippen LogP contribution < -0.4 is 0 Å². The Morgan fingerprint density at radius 3 is 2.48 bits per heavy atom. The van der Waals surface area contributed by atoms with Crippen molar-refractivity contribution in [3.05, 3.63) is 15.3 Å². The van der Waals surface area contributed by atoms with E-state index in [0.29, 0.717) is 6.04 Å². The number of ether oxygens (including phenoxy) is 1. The minimum Gasteiger partial charge on any atom is -0.444 e. The molecule has 0 N–H and O–H groups in total. The number of carbonyl (C=O) groups excluding carboxylic acids is 1. The van der Waals surface area contributed by atoms with Gasteiger partial charge in [0.05, 0.1) is 6.04 Å². The van der Waals surface area contributed by atoms with E-state index in [2.05, 4.69) is 37.0 Å². The van der Waals surface area contributed by atoms with E-state index >= 15 is 0 Å². The lowest BCUT2D eigenvalue weighted by atomic mass is 9.61. The van der Waals surface area contributed by atoms with Crippen LogP contribution in [0.25, 0.3) is 0 Å². The van der Waals surface area contributed by atoms with Crippen LogP contribution in [0.3, 0.4) is 0 Å². The molecule has 2 heterocycles. The molecule has 0 aromatic carbocycles. The van der Waals surface area contributed by atoms with Gasteiger partial charge in [-0.05, 0) is 65.5 Å². The summed E-state index contributed by atoms with van der Waals surface area (Å²) in [5.41, 5.74) is -0.145. The van der Waals surface area contributed by atoms with Gasteiger partial charge in [0, 0.05) is 24.6 Å². The molecule has 0 unspecified atom stereocenters. The molecular weight excluding hydrogens is 402 g/mol. The second-order valence-corrected chi connectivity index (χ2v) is 8.76. The minimum atomic E-state index is -0.422. The zero-order chi connectivity index (χ0) is 15.4. The van der Waals surface area contributed by atoms with Crippen LogP contribution >= 0.6 is 31.9 Å². The second kappa shape index (κ2) is 4.98. The zero-order valence-corrected chi connectivity index (χ0v) is 15.6. The van der Waals surface area contributed by atoms with Gasteiger partial charge in [-0.15, -0.1) is 0 Å². The Bertz CT molecular complexity index is 565. The van der Waals surface area contributed by atoms with Crippen molar-refractivity contribution >= 4 is 38.0 Å². The Balaban J connectivity index is 1.52. The topological polar surface area (TPSA) is 47.4 Å². The van der Waals surface area contributed by atoms with Crippen LogP contribution in [0.15, 0.2) is 15.3 Å². The average molecular weight is 421 g/mol. The van der Waals surface area contributed by atoms with Crippen LogP contribution in [0.1, 0.15) is 39.7 Å². The Hall–Kier alpha value is -0.560. The summed E-state index contributed by atoms with van der Waals surface area (Å²) in [6.45, 7) is 7.30. The highest BCUT2D eigenvalue weighted by Crippen LogP contribution is 2.54. The molecule has 0 atom stereocenters. The standard InChI is InChI=1S/C14H19Br2N3O2/c1-13(2,3)21-12(20)18-7-14(8-18)5-9(6-14)19-11(16)4-10(15)17-19/h4,9H,5-8H2,1-3H3. The van der Waals surface area contributed by atoms with Crippen molar-refractivity contribution in [3.8, 4) is 0 Å². The number of aromatic nitrogens is 2. The number of hydrogen-bond acceptors (Lipinski definition) is 3. The maximum Gasteiger partial charge on any atom is 0.410 e. The predicted molar refractivity (Wildman–Crippen MR) is 86.1 cm³/mol. The van der Waals surface area contributed by atoms with E-state index in [1.165, 1.54) is 0 Å². The van der Waals surface area contributed by atoms with Crippen molar-refractivity contribution in [3.63, 3.8) is 0 Å². The van der Waals surface area contributed by atoms with Crippen molar-refractivity contribution in [2.45, 2.75) is 45.3 Å². The Morgan fingerprint density at radius 1 is 1.38 bits per heavy atom. The van der Waals surface area contributed by atoms with Gasteiger partial charge in [-0.3, -0.25) is 4.68 Å². The first-order chi connectivity index (χ1) is 9.67. The third-order valence-electron chi connectivity index (χ3n) is 4.05. The first-order valence-electron chi connectivity index (χ1n) is 7.06. The van der Waals surface area contributed by atoms with Gasteiger partial charge in [0.1, 0.15) is 14.8 Å². The van der Waals surface area contributed by atoms with Gasteiger partial charge >= 0.3 is 6.09 Å². The van der Waals surface area contributed by atoms with Crippen LogP contribution in [-0.4, -0.2) is 39.5 Å². The quantitative estimate of drug-likeness (QED) is 0.690. The van der Waals surface area contributed by atoms with E-state index in [1.54, 1.807) is 4.90 Å².